The molecule has 0 saturated heterocycles. The molecule has 0 fully saturated rings. The molecule has 104 valence electrons. The van der Waals surface area contributed by atoms with E-state index in [2.05, 4.69) is 4.98 Å². The molecule has 1 atom stereocenters. The molecule has 0 spiro atoms. The third-order valence-electron chi connectivity index (χ3n) is 3.60. The lowest BCUT2D eigenvalue weighted by atomic mass is 9.96. The zero-order chi connectivity index (χ0) is 14.3. The summed E-state index contributed by atoms with van der Waals surface area (Å²) in [6.07, 6.45) is 3.22. The Bertz CT molecular complexity index is 653. The van der Waals surface area contributed by atoms with Crippen molar-refractivity contribution in [1.29, 1.82) is 0 Å². The van der Waals surface area contributed by atoms with E-state index < -0.39 is 6.10 Å². The molecule has 0 radical (unpaired) electrons. The molecule has 4 heteroatoms. The molecule has 1 aromatic carbocycles. The van der Waals surface area contributed by atoms with Crippen LogP contribution in [0.1, 0.15) is 36.6 Å². The van der Waals surface area contributed by atoms with E-state index in [-0.39, 0.29) is 5.60 Å². The van der Waals surface area contributed by atoms with Gasteiger partial charge in [-0.05, 0) is 25.5 Å². The first-order valence-corrected chi connectivity index (χ1v) is 6.66. The number of hydrogen-bond donors (Lipinski definition) is 2. The lowest BCUT2D eigenvalue weighted by molar-refractivity contribution is 0.131. The van der Waals surface area contributed by atoms with Crippen LogP contribution in [0.3, 0.4) is 0 Å². The van der Waals surface area contributed by atoms with E-state index in [9.17, 15) is 5.11 Å². The molecule has 1 aliphatic rings. The zero-order valence-electron chi connectivity index (χ0n) is 11.6. The van der Waals surface area contributed by atoms with Crippen LogP contribution in [-0.2, 0) is 6.42 Å². The minimum atomic E-state index is -0.826. The molecule has 20 heavy (non-hydrogen) atoms. The second-order valence-electron chi connectivity index (χ2n) is 5.78. The van der Waals surface area contributed by atoms with E-state index in [4.69, 9.17) is 10.5 Å². The van der Waals surface area contributed by atoms with Gasteiger partial charge in [0.2, 0.25) is 0 Å². The Balaban J connectivity index is 2.05. The first-order valence-electron chi connectivity index (χ1n) is 6.66. The predicted octanol–water partition coefficient (Wildman–Crippen LogP) is 2.46. The van der Waals surface area contributed by atoms with Crippen LogP contribution in [0.2, 0.25) is 0 Å². The van der Waals surface area contributed by atoms with E-state index in [1.54, 1.807) is 18.5 Å². The third-order valence-corrected chi connectivity index (χ3v) is 3.60. The highest BCUT2D eigenvalue weighted by Crippen LogP contribution is 2.41. The maximum Gasteiger partial charge on any atom is 0.129 e. The van der Waals surface area contributed by atoms with Crippen LogP contribution in [0.5, 0.6) is 5.75 Å². The standard InChI is InChI=1S/C16H18N2O2/c1-16(2)8-10-4-3-5-11(15(10)20-16)14(19)12-9-18-7-6-13(12)17/h3-7,9,14,19H,8H2,1-2H3,(H2,17,18). The molecule has 1 unspecified atom stereocenters. The molecular formula is C16H18N2O2. The fourth-order valence-corrected chi connectivity index (χ4v) is 2.67. The van der Waals surface area contributed by atoms with E-state index in [0.717, 1.165) is 23.3 Å². The Morgan fingerprint density at radius 2 is 2.10 bits per heavy atom. The minimum Gasteiger partial charge on any atom is -0.487 e. The average Bonchev–Trinajstić information content (AvgIpc) is 2.72. The Labute approximate surface area is 118 Å². The molecule has 0 saturated carbocycles. The van der Waals surface area contributed by atoms with Crippen molar-refractivity contribution < 1.29 is 9.84 Å². The summed E-state index contributed by atoms with van der Waals surface area (Å²) in [7, 11) is 0. The summed E-state index contributed by atoms with van der Waals surface area (Å²) >= 11 is 0. The van der Waals surface area contributed by atoms with Gasteiger partial charge in [0.15, 0.2) is 0 Å². The number of aliphatic hydroxyl groups excluding tert-OH is 1. The van der Waals surface area contributed by atoms with Gasteiger partial charge in [0.25, 0.3) is 0 Å². The van der Waals surface area contributed by atoms with E-state index >= 15 is 0 Å². The van der Waals surface area contributed by atoms with Gasteiger partial charge in [-0.2, -0.15) is 0 Å². The molecule has 1 aromatic heterocycles. The lowest BCUT2D eigenvalue weighted by Crippen LogP contribution is -2.25. The summed E-state index contributed by atoms with van der Waals surface area (Å²) in [5, 5.41) is 10.6. The number of ether oxygens (including phenoxy) is 1. The number of nitrogen functional groups attached to an aromatic ring is 1. The fraction of sp³-hybridized carbons (Fsp3) is 0.312. The number of hydrogen-bond acceptors (Lipinski definition) is 4. The molecule has 0 amide bonds. The number of fused-ring (bicyclic) bond motifs is 1. The highest BCUT2D eigenvalue weighted by atomic mass is 16.5. The second-order valence-corrected chi connectivity index (χ2v) is 5.78. The largest absolute Gasteiger partial charge is 0.487 e. The second kappa shape index (κ2) is 4.49. The first-order chi connectivity index (χ1) is 9.48. The van der Waals surface area contributed by atoms with Crippen molar-refractivity contribution in [3.05, 3.63) is 53.3 Å². The Kier molecular flexibility index (Phi) is 2.91. The molecule has 3 N–H and O–H groups in total. The summed E-state index contributed by atoms with van der Waals surface area (Å²) in [6, 6.07) is 7.53. The number of anilines is 1. The molecular weight excluding hydrogens is 252 g/mol. The van der Waals surface area contributed by atoms with Gasteiger partial charge in [0.1, 0.15) is 17.5 Å². The molecule has 2 aromatic rings. The summed E-state index contributed by atoms with van der Waals surface area (Å²) in [6.45, 7) is 4.09. The van der Waals surface area contributed by atoms with E-state index in [1.165, 1.54) is 0 Å². The number of nitrogens with two attached hydrogens (primary N) is 1. The number of para-hydroxylation sites is 1. The van der Waals surface area contributed by atoms with E-state index in [0.29, 0.717) is 11.3 Å². The highest BCUT2D eigenvalue weighted by molar-refractivity contribution is 5.54. The van der Waals surface area contributed by atoms with Crippen molar-refractivity contribution >= 4 is 5.69 Å². The van der Waals surface area contributed by atoms with Crippen molar-refractivity contribution in [3.63, 3.8) is 0 Å². The summed E-state index contributed by atoms with van der Waals surface area (Å²) in [5.41, 5.74) is 8.68. The van der Waals surface area contributed by atoms with Gasteiger partial charge in [0, 0.05) is 35.6 Å². The van der Waals surface area contributed by atoms with Crippen molar-refractivity contribution in [2.75, 3.05) is 5.73 Å². The van der Waals surface area contributed by atoms with Gasteiger partial charge in [-0.1, -0.05) is 18.2 Å². The van der Waals surface area contributed by atoms with Gasteiger partial charge in [-0.3, -0.25) is 4.98 Å². The van der Waals surface area contributed by atoms with Crippen molar-refractivity contribution in [2.45, 2.75) is 32.0 Å². The maximum atomic E-state index is 10.6. The van der Waals surface area contributed by atoms with Crippen LogP contribution >= 0.6 is 0 Å². The van der Waals surface area contributed by atoms with Crippen LogP contribution in [0.25, 0.3) is 0 Å². The number of aromatic nitrogens is 1. The summed E-state index contributed by atoms with van der Waals surface area (Å²) in [5.74, 6) is 0.772. The molecule has 4 nitrogen and oxygen atoms in total. The van der Waals surface area contributed by atoms with Crippen LogP contribution < -0.4 is 10.5 Å². The number of pyridine rings is 1. The van der Waals surface area contributed by atoms with Gasteiger partial charge in [-0.25, -0.2) is 0 Å². The summed E-state index contributed by atoms with van der Waals surface area (Å²) < 4.78 is 5.99. The lowest BCUT2D eigenvalue weighted by Gasteiger charge is -2.20. The Morgan fingerprint density at radius 3 is 2.85 bits per heavy atom. The number of rotatable bonds is 2. The van der Waals surface area contributed by atoms with Crippen LogP contribution in [-0.4, -0.2) is 15.7 Å². The molecule has 1 aliphatic heterocycles. The normalized spacial score (nSPS) is 17.4. The first kappa shape index (κ1) is 12.9. The minimum absolute atomic E-state index is 0.237. The predicted molar refractivity (Wildman–Crippen MR) is 77.6 cm³/mol. The number of aliphatic hydroxyl groups is 1. The molecule has 3 rings (SSSR count). The van der Waals surface area contributed by atoms with Crippen LogP contribution in [0, 0.1) is 0 Å². The average molecular weight is 270 g/mol. The third kappa shape index (κ3) is 2.12. The highest BCUT2D eigenvalue weighted by Gasteiger charge is 2.33. The number of nitrogens with zero attached hydrogens (tertiary/aromatic N) is 1. The topological polar surface area (TPSA) is 68.4 Å². The van der Waals surface area contributed by atoms with Crippen molar-refractivity contribution in [2.24, 2.45) is 0 Å². The molecule has 0 bridgehead atoms. The quantitative estimate of drug-likeness (QED) is 0.879. The molecule has 2 heterocycles. The zero-order valence-corrected chi connectivity index (χ0v) is 11.6. The van der Waals surface area contributed by atoms with Gasteiger partial charge in [0.05, 0.1) is 0 Å². The van der Waals surface area contributed by atoms with Gasteiger partial charge in [-0.15, -0.1) is 0 Å². The van der Waals surface area contributed by atoms with Gasteiger partial charge < -0.3 is 15.6 Å². The summed E-state index contributed by atoms with van der Waals surface area (Å²) in [4.78, 5) is 4.03. The maximum absolute atomic E-state index is 10.6. The smallest absolute Gasteiger partial charge is 0.129 e. The van der Waals surface area contributed by atoms with Crippen molar-refractivity contribution in [3.8, 4) is 5.75 Å². The fourth-order valence-electron chi connectivity index (χ4n) is 2.67. The van der Waals surface area contributed by atoms with Crippen molar-refractivity contribution in [1.82, 2.24) is 4.98 Å². The van der Waals surface area contributed by atoms with Gasteiger partial charge >= 0.3 is 0 Å². The SMILES string of the molecule is CC1(C)Cc2cccc(C(O)c3cnccc3N)c2O1. The van der Waals surface area contributed by atoms with Crippen LogP contribution in [0.4, 0.5) is 5.69 Å². The van der Waals surface area contributed by atoms with Crippen LogP contribution in [0.15, 0.2) is 36.7 Å². The Hall–Kier alpha value is -2.07. The van der Waals surface area contributed by atoms with E-state index in [1.807, 2.05) is 32.0 Å². The number of benzene rings is 1. The Morgan fingerprint density at radius 1 is 1.30 bits per heavy atom. The molecule has 0 aliphatic carbocycles. The monoisotopic (exact) mass is 270 g/mol.